The largest absolute Gasteiger partial charge is 0.416 e. The minimum atomic E-state index is -4.33. The van der Waals surface area contributed by atoms with E-state index in [4.69, 9.17) is 0 Å². The van der Waals surface area contributed by atoms with E-state index in [-0.39, 0.29) is 0 Å². The lowest BCUT2D eigenvalue weighted by molar-refractivity contribution is -0.137. The molecule has 0 saturated carbocycles. The monoisotopic (exact) mass is 308 g/mol. The van der Waals surface area contributed by atoms with Crippen LogP contribution in [0.15, 0.2) is 41.5 Å². The second-order valence-electron chi connectivity index (χ2n) is 5.69. The Morgan fingerprint density at radius 3 is 2.55 bits per heavy atom. The third-order valence-corrected chi connectivity index (χ3v) is 3.43. The Morgan fingerprint density at radius 2 is 1.91 bits per heavy atom. The quantitative estimate of drug-likeness (QED) is 0.750. The molecule has 0 spiro atoms. The zero-order valence-electron chi connectivity index (χ0n) is 12.9. The van der Waals surface area contributed by atoms with Gasteiger partial charge in [0.05, 0.1) is 16.8 Å². The number of benzene rings is 1. The van der Waals surface area contributed by atoms with Crippen molar-refractivity contribution in [2.24, 2.45) is 0 Å². The van der Waals surface area contributed by atoms with Gasteiger partial charge in [-0.3, -0.25) is 5.10 Å². The van der Waals surface area contributed by atoms with E-state index in [0.717, 1.165) is 12.5 Å². The summed E-state index contributed by atoms with van der Waals surface area (Å²) in [4.78, 5) is 0. The molecule has 2 rings (SSSR count). The van der Waals surface area contributed by atoms with Gasteiger partial charge in [0, 0.05) is 5.39 Å². The molecule has 0 aliphatic carbocycles. The molecule has 0 fully saturated rings. The lowest BCUT2D eigenvalue weighted by Gasteiger charge is -2.06. The molecule has 2 nitrogen and oxygen atoms in total. The van der Waals surface area contributed by atoms with Crippen LogP contribution < -0.4 is 0 Å². The molecule has 1 N–H and O–H groups in total. The SMILES string of the molecule is CC(C)=C/C=C(/C)CCc1n[nH]c2ccc(C(F)(F)F)cc12. The van der Waals surface area contributed by atoms with Crippen molar-refractivity contribution in [1.29, 1.82) is 0 Å². The van der Waals surface area contributed by atoms with Crippen LogP contribution in [-0.4, -0.2) is 10.2 Å². The van der Waals surface area contributed by atoms with Crippen LogP contribution in [0, 0.1) is 0 Å². The molecule has 0 amide bonds. The van der Waals surface area contributed by atoms with Gasteiger partial charge in [-0.25, -0.2) is 0 Å². The van der Waals surface area contributed by atoms with Crippen molar-refractivity contribution in [3.05, 3.63) is 52.8 Å². The Morgan fingerprint density at radius 1 is 1.18 bits per heavy atom. The van der Waals surface area contributed by atoms with Crippen LogP contribution in [0.1, 0.15) is 38.4 Å². The molecule has 0 aliphatic heterocycles. The molecule has 118 valence electrons. The Labute approximate surface area is 127 Å². The topological polar surface area (TPSA) is 28.7 Å². The molecule has 0 atom stereocenters. The van der Waals surface area contributed by atoms with Crippen molar-refractivity contribution < 1.29 is 13.2 Å². The summed E-state index contributed by atoms with van der Waals surface area (Å²) in [6, 6.07) is 3.67. The van der Waals surface area contributed by atoms with Crippen LogP contribution in [0.3, 0.4) is 0 Å². The van der Waals surface area contributed by atoms with Crippen LogP contribution in [0.25, 0.3) is 10.9 Å². The minimum Gasteiger partial charge on any atom is -0.278 e. The lowest BCUT2D eigenvalue weighted by atomic mass is 10.0. The summed E-state index contributed by atoms with van der Waals surface area (Å²) in [7, 11) is 0. The smallest absolute Gasteiger partial charge is 0.278 e. The van der Waals surface area contributed by atoms with Crippen molar-refractivity contribution in [2.75, 3.05) is 0 Å². The molecular weight excluding hydrogens is 289 g/mol. The lowest BCUT2D eigenvalue weighted by Crippen LogP contribution is -2.04. The van der Waals surface area contributed by atoms with Gasteiger partial charge in [-0.1, -0.05) is 23.3 Å². The van der Waals surface area contributed by atoms with Gasteiger partial charge in [0.2, 0.25) is 0 Å². The van der Waals surface area contributed by atoms with Gasteiger partial charge in [0.25, 0.3) is 0 Å². The van der Waals surface area contributed by atoms with E-state index in [1.165, 1.54) is 23.3 Å². The average molecular weight is 308 g/mol. The first-order valence-corrected chi connectivity index (χ1v) is 7.12. The first-order chi connectivity index (χ1) is 10.3. The van der Waals surface area contributed by atoms with Gasteiger partial charge >= 0.3 is 6.18 Å². The number of halogens is 3. The number of nitrogens with zero attached hydrogens (tertiary/aromatic N) is 1. The number of allylic oxidation sites excluding steroid dienone is 4. The number of nitrogens with one attached hydrogen (secondary N) is 1. The number of aromatic nitrogens is 2. The molecule has 2 aromatic rings. The van der Waals surface area contributed by atoms with E-state index in [9.17, 15) is 13.2 Å². The van der Waals surface area contributed by atoms with Crippen LogP contribution in [0.4, 0.5) is 13.2 Å². The highest BCUT2D eigenvalue weighted by Gasteiger charge is 2.30. The minimum absolute atomic E-state index is 0.546. The second kappa shape index (κ2) is 6.38. The van der Waals surface area contributed by atoms with Crippen LogP contribution in [0.2, 0.25) is 0 Å². The summed E-state index contributed by atoms with van der Waals surface area (Å²) >= 11 is 0. The van der Waals surface area contributed by atoms with Crippen molar-refractivity contribution in [3.8, 4) is 0 Å². The first kappa shape index (κ1) is 16.3. The number of fused-ring (bicyclic) bond motifs is 1. The fourth-order valence-corrected chi connectivity index (χ4v) is 2.14. The molecule has 1 aromatic carbocycles. The fraction of sp³-hybridized carbons (Fsp3) is 0.353. The molecule has 0 saturated heterocycles. The Hall–Kier alpha value is -2.04. The third kappa shape index (κ3) is 4.00. The number of aromatic amines is 1. The van der Waals surface area contributed by atoms with Crippen LogP contribution in [0.5, 0.6) is 0 Å². The van der Waals surface area contributed by atoms with Gasteiger partial charge in [-0.05, 0) is 51.8 Å². The van der Waals surface area contributed by atoms with E-state index in [0.29, 0.717) is 23.0 Å². The zero-order chi connectivity index (χ0) is 16.3. The molecule has 1 heterocycles. The Balaban J connectivity index is 2.21. The van der Waals surface area contributed by atoms with Crippen molar-refractivity contribution in [2.45, 2.75) is 39.8 Å². The number of H-pyrrole nitrogens is 1. The Bertz CT molecular complexity index is 717. The van der Waals surface area contributed by atoms with Gasteiger partial charge in [-0.2, -0.15) is 18.3 Å². The maximum absolute atomic E-state index is 12.8. The average Bonchev–Trinajstić information content (AvgIpc) is 2.84. The number of hydrogen-bond donors (Lipinski definition) is 1. The molecule has 1 aromatic heterocycles. The molecule has 22 heavy (non-hydrogen) atoms. The van der Waals surface area contributed by atoms with Crippen molar-refractivity contribution in [3.63, 3.8) is 0 Å². The summed E-state index contributed by atoms with van der Waals surface area (Å²) in [6.07, 6.45) is 1.10. The van der Waals surface area contributed by atoms with Gasteiger partial charge in [0.1, 0.15) is 0 Å². The summed E-state index contributed by atoms with van der Waals surface area (Å²) in [5.74, 6) is 0. The maximum Gasteiger partial charge on any atom is 0.416 e. The Kier molecular flexibility index (Phi) is 4.74. The molecule has 0 unspecified atom stereocenters. The van der Waals surface area contributed by atoms with Gasteiger partial charge in [-0.15, -0.1) is 0 Å². The fourth-order valence-electron chi connectivity index (χ4n) is 2.14. The number of aryl methyl sites for hydroxylation is 1. The first-order valence-electron chi connectivity index (χ1n) is 7.12. The predicted molar refractivity (Wildman–Crippen MR) is 82.6 cm³/mol. The van der Waals surface area contributed by atoms with E-state index in [2.05, 4.69) is 10.2 Å². The van der Waals surface area contributed by atoms with E-state index in [1.54, 1.807) is 0 Å². The van der Waals surface area contributed by atoms with Crippen LogP contribution in [-0.2, 0) is 12.6 Å². The highest BCUT2D eigenvalue weighted by molar-refractivity contribution is 5.82. The van der Waals surface area contributed by atoms with Gasteiger partial charge in [0.15, 0.2) is 0 Å². The maximum atomic E-state index is 12.8. The van der Waals surface area contributed by atoms with E-state index >= 15 is 0 Å². The van der Waals surface area contributed by atoms with Crippen LogP contribution >= 0.6 is 0 Å². The van der Waals surface area contributed by atoms with E-state index in [1.807, 2.05) is 32.9 Å². The highest BCUT2D eigenvalue weighted by atomic mass is 19.4. The molecule has 0 aliphatic rings. The van der Waals surface area contributed by atoms with Crippen molar-refractivity contribution in [1.82, 2.24) is 10.2 Å². The normalized spacial score (nSPS) is 12.7. The highest BCUT2D eigenvalue weighted by Crippen LogP contribution is 2.32. The zero-order valence-corrected chi connectivity index (χ0v) is 12.9. The third-order valence-electron chi connectivity index (χ3n) is 3.43. The summed E-state index contributed by atoms with van der Waals surface area (Å²) in [6.45, 7) is 6.04. The number of hydrogen-bond acceptors (Lipinski definition) is 1. The summed E-state index contributed by atoms with van der Waals surface area (Å²) < 4.78 is 38.4. The molecule has 5 heteroatoms. The van der Waals surface area contributed by atoms with E-state index < -0.39 is 11.7 Å². The molecule has 0 radical (unpaired) electrons. The predicted octanol–water partition coefficient (Wildman–Crippen LogP) is 5.43. The number of rotatable bonds is 4. The molecule has 0 bridgehead atoms. The van der Waals surface area contributed by atoms with Gasteiger partial charge < -0.3 is 0 Å². The molecular formula is C17H19F3N2. The summed E-state index contributed by atoms with van der Waals surface area (Å²) in [5.41, 5.74) is 3.04. The van der Waals surface area contributed by atoms with Crippen molar-refractivity contribution >= 4 is 10.9 Å². The second-order valence-corrected chi connectivity index (χ2v) is 5.69. The number of alkyl halides is 3. The standard InChI is InChI=1S/C17H19F3N2/c1-11(2)4-5-12(3)6-8-15-14-10-13(17(18,19)20)7-9-16(14)22-21-15/h4-5,7,9-10H,6,8H2,1-3H3,(H,21,22)/b12-5-. The summed E-state index contributed by atoms with van der Waals surface area (Å²) in [5, 5.41) is 7.49.